The van der Waals surface area contributed by atoms with Gasteiger partial charge >= 0.3 is 0 Å². The molecule has 3 N–H and O–H groups in total. The molecular weight excluding hydrogens is 94.1 g/mol. The number of nitrogens with zero attached hydrogens (tertiary/aromatic N) is 1. The quantitative estimate of drug-likeness (QED) is 0.363. The number of nitrogens with two attached hydrogens (primary N) is 1. The molecule has 0 rings (SSSR count). The number of hydrogen-bond acceptors (Lipinski definition) is 4. The van der Waals surface area contributed by atoms with E-state index in [2.05, 4.69) is 10.5 Å². The third kappa shape index (κ3) is 5.52. The van der Waals surface area contributed by atoms with Crippen molar-refractivity contribution in [3.63, 3.8) is 0 Å². The molecule has 0 radical (unpaired) electrons. The van der Waals surface area contributed by atoms with E-state index in [1.54, 1.807) is 0 Å². The van der Waals surface area contributed by atoms with Crippen LogP contribution in [0.2, 0.25) is 0 Å². The Morgan fingerprint density at radius 3 is 2.86 bits per heavy atom. The van der Waals surface area contributed by atoms with Gasteiger partial charge in [0.2, 0.25) is 0 Å². The maximum Gasteiger partial charge on any atom is 0.131 e. The SMILES string of the molecule is NCCNCN=O. The fourth-order valence-electron chi connectivity index (χ4n) is 0.227. The second-order valence-corrected chi connectivity index (χ2v) is 1.08. The number of nitroso groups, excluding NO2 is 1. The van der Waals surface area contributed by atoms with Gasteiger partial charge in [0.05, 0.1) is 0 Å². The van der Waals surface area contributed by atoms with Crippen molar-refractivity contribution in [1.82, 2.24) is 5.32 Å². The average Bonchev–Trinajstić information content (AvgIpc) is 1.69. The lowest BCUT2D eigenvalue weighted by atomic mass is 10.7. The summed E-state index contributed by atoms with van der Waals surface area (Å²) in [6.45, 7) is 1.37. The van der Waals surface area contributed by atoms with E-state index in [9.17, 15) is 4.91 Å². The molecule has 0 aliphatic carbocycles. The van der Waals surface area contributed by atoms with Gasteiger partial charge in [0.1, 0.15) is 6.67 Å². The van der Waals surface area contributed by atoms with Crippen molar-refractivity contribution in [3.8, 4) is 0 Å². The van der Waals surface area contributed by atoms with E-state index in [0.29, 0.717) is 13.1 Å². The van der Waals surface area contributed by atoms with Gasteiger partial charge in [0.15, 0.2) is 0 Å². The molecule has 42 valence electrons. The van der Waals surface area contributed by atoms with Gasteiger partial charge in [0, 0.05) is 13.1 Å². The summed E-state index contributed by atoms with van der Waals surface area (Å²) in [4.78, 5) is 9.33. The summed E-state index contributed by atoms with van der Waals surface area (Å²) in [5.74, 6) is 0. The largest absolute Gasteiger partial charge is 0.329 e. The van der Waals surface area contributed by atoms with Crippen LogP contribution in [0.3, 0.4) is 0 Å². The Balaban J connectivity index is 2.56. The molecule has 0 aromatic rings. The van der Waals surface area contributed by atoms with Crippen molar-refractivity contribution in [2.75, 3.05) is 19.8 Å². The van der Waals surface area contributed by atoms with Crippen molar-refractivity contribution >= 4 is 0 Å². The molecule has 0 aliphatic rings. The molecule has 0 aromatic carbocycles. The highest BCUT2D eigenvalue weighted by molar-refractivity contribution is 4.41. The third-order valence-electron chi connectivity index (χ3n) is 0.497. The minimum atomic E-state index is 0.164. The summed E-state index contributed by atoms with van der Waals surface area (Å²) in [5, 5.41) is 5.24. The minimum Gasteiger partial charge on any atom is -0.329 e. The second kappa shape index (κ2) is 5.52. The molecule has 0 amide bonds. The van der Waals surface area contributed by atoms with E-state index in [0.717, 1.165) is 0 Å². The monoisotopic (exact) mass is 103 g/mol. The lowest BCUT2D eigenvalue weighted by molar-refractivity contribution is 0.707. The highest BCUT2D eigenvalue weighted by atomic mass is 16.3. The van der Waals surface area contributed by atoms with Gasteiger partial charge in [-0.3, -0.25) is 5.32 Å². The fourth-order valence-corrected chi connectivity index (χ4v) is 0.227. The normalized spacial score (nSPS) is 8.71. The van der Waals surface area contributed by atoms with Crippen LogP contribution in [0, 0.1) is 4.91 Å². The maximum atomic E-state index is 9.33. The first-order valence-electron chi connectivity index (χ1n) is 2.11. The van der Waals surface area contributed by atoms with Crippen LogP contribution in [0.5, 0.6) is 0 Å². The van der Waals surface area contributed by atoms with Gasteiger partial charge in [-0.25, -0.2) is 0 Å². The Labute approximate surface area is 42.1 Å². The zero-order chi connectivity index (χ0) is 5.54. The van der Waals surface area contributed by atoms with Gasteiger partial charge in [-0.1, -0.05) is 5.18 Å². The van der Waals surface area contributed by atoms with Gasteiger partial charge < -0.3 is 5.73 Å². The second-order valence-electron chi connectivity index (χ2n) is 1.08. The summed E-state index contributed by atoms with van der Waals surface area (Å²) in [5.41, 5.74) is 5.06. The average molecular weight is 103 g/mol. The smallest absolute Gasteiger partial charge is 0.131 e. The zero-order valence-corrected chi connectivity index (χ0v) is 4.05. The predicted octanol–water partition coefficient (Wildman–Crippen LogP) is -0.741. The highest BCUT2D eigenvalue weighted by Crippen LogP contribution is 1.55. The molecule has 0 fully saturated rings. The first kappa shape index (κ1) is 6.52. The van der Waals surface area contributed by atoms with E-state index >= 15 is 0 Å². The molecule has 0 aromatic heterocycles. The molecule has 0 aliphatic heterocycles. The Morgan fingerprint density at radius 1 is 1.71 bits per heavy atom. The summed E-state index contributed by atoms with van der Waals surface area (Å²) >= 11 is 0. The molecule has 7 heavy (non-hydrogen) atoms. The van der Waals surface area contributed by atoms with Crippen LogP contribution in [0.1, 0.15) is 0 Å². The molecule has 0 spiro atoms. The summed E-state index contributed by atoms with van der Waals surface area (Å²) in [7, 11) is 0. The first-order valence-corrected chi connectivity index (χ1v) is 2.11. The van der Waals surface area contributed by atoms with Gasteiger partial charge in [-0.2, -0.15) is 0 Å². The number of nitrogens with one attached hydrogen (secondary N) is 1. The van der Waals surface area contributed by atoms with Crippen LogP contribution in [0.4, 0.5) is 0 Å². The third-order valence-corrected chi connectivity index (χ3v) is 0.497. The van der Waals surface area contributed by atoms with E-state index < -0.39 is 0 Å². The van der Waals surface area contributed by atoms with Crippen LogP contribution in [-0.2, 0) is 0 Å². The van der Waals surface area contributed by atoms with Crippen molar-refractivity contribution < 1.29 is 0 Å². The van der Waals surface area contributed by atoms with E-state index in [1.165, 1.54) is 0 Å². The highest BCUT2D eigenvalue weighted by Gasteiger charge is 1.76. The van der Waals surface area contributed by atoms with Crippen molar-refractivity contribution in [1.29, 1.82) is 0 Å². The molecule has 4 heteroatoms. The number of rotatable bonds is 4. The fraction of sp³-hybridized carbons (Fsp3) is 1.00. The lowest BCUT2D eigenvalue weighted by Gasteiger charge is -1.90. The van der Waals surface area contributed by atoms with Crippen LogP contribution >= 0.6 is 0 Å². The molecule has 0 atom stereocenters. The van der Waals surface area contributed by atoms with Crippen molar-refractivity contribution in [2.24, 2.45) is 10.9 Å². The standard InChI is InChI=1S/C3H9N3O/c4-1-2-5-3-6-7/h5H,1-4H2. The number of hydrogen-bond donors (Lipinski definition) is 2. The molecule has 0 bridgehead atoms. The van der Waals surface area contributed by atoms with Crippen LogP contribution in [0.15, 0.2) is 5.18 Å². The first-order chi connectivity index (χ1) is 3.41. The zero-order valence-electron chi connectivity index (χ0n) is 4.05. The van der Waals surface area contributed by atoms with Crippen molar-refractivity contribution in [2.45, 2.75) is 0 Å². The summed E-state index contributed by atoms with van der Waals surface area (Å²) < 4.78 is 0. The molecule has 0 heterocycles. The summed E-state index contributed by atoms with van der Waals surface area (Å²) in [6.07, 6.45) is 0. The van der Waals surface area contributed by atoms with Crippen LogP contribution < -0.4 is 11.1 Å². The van der Waals surface area contributed by atoms with E-state index in [-0.39, 0.29) is 6.67 Å². The van der Waals surface area contributed by atoms with Crippen LogP contribution in [-0.4, -0.2) is 19.8 Å². The minimum absolute atomic E-state index is 0.164. The van der Waals surface area contributed by atoms with Crippen molar-refractivity contribution in [3.05, 3.63) is 4.91 Å². The van der Waals surface area contributed by atoms with E-state index in [4.69, 9.17) is 5.73 Å². The van der Waals surface area contributed by atoms with Gasteiger partial charge in [0.25, 0.3) is 0 Å². The Bertz CT molecular complexity index is 47.4. The topological polar surface area (TPSA) is 67.5 Å². The molecular formula is C3H9N3O. The lowest BCUT2D eigenvalue weighted by Crippen LogP contribution is -2.21. The molecule has 0 saturated heterocycles. The van der Waals surface area contributed by atoms with Crippen LogP contribution in [0.25, 0.3) is 0 Å². The predicted molar refractivity (Wildman–Crippen MR) is 27.7 cm³/mol. The van der Waals surface area contributed by atoms with Gasteiger partial charge in [-0.15, -0.1) is 4.91 Å². The molecule has 0 saturated carbocycles. The summed E-state index contributed by atoms with van der Waals surface area (Å²) in [6, 6.07) is 0. The van der Waals surface area contributed by atoms with Gasteiger partial charge in [-0.05, 0) is 0 Å². The van der Waals surface area contributed by atoms with E-state index in [1.807, 2.05) is 0 Å². The maximum absolute atomic E-state index is 9.33. The molecule has 4 nitrogen and oxygen atoms in total. The Kier molecular flexibility index (Phi) is 5.14. The Morgan fingerprint density at radius 2 is 2.43 bits per heavy atom. The molecule has 0 unspecified atom stereocenters. The Hall–Kier alpha value is -0.480.